The van der Waals surface area contributed by atoms with Gasteiger partial charge in [0.25, 0.3) is 0 Å². The first-order valence-electron chi connectivity index (χ1n) is 3.75. The van der Waals surface area contributed by atoms with E-state index in [1.165, 1.54) is 25.7 Å². The van der Waals surface area contributed by atoms with E-state index in [2.05, 4.69) is 16.7 Å². The molecule has 1 aliphatic rings. The predicted molar refractivity (Wildman–Crippen MR) is 34.7 cm³/mol. The lowest BCUT2D eigenvalue weighted by atomic mass is 10.2. The van der Waals surface area contributed by atoms with Gasteiger partial charge in [0, 0.05) is 6.42 Å². The van der Waals surface area contributed by atoms with E-state index in [-0.39, 0.29) is 6.29 Å². The summed E-state index contributed by atoms with van der Waals surface area (Å²) in [6, 6.07) is 0. The van der Waals surface area contributed by atoms with Gasteiger partial charge in [0.05, 0.1) is 0 Å². The molecule has 0 radical (unpaired) electrons. The van der Waals surface area contributed by atoms with Crippen molar-refractivity contribution in [3.8, 4) is 0 Å². The van der Waals surface area contributed by atoms with E-state index in [1.54, 1.807) is 0 Å². The zero-order valence-corrected chi connectivity index (χ0v) is 5.93. The number of hydrogen-bond acceptors (Lipinski definition) is 2. The molecule has 1 fully saturated rings. The highest BCUT2D eigenvalue weighted by atomic mass is 17.4. The molecule has 0 N–H and O–H groups in total. The summed E-state index contributed by atoms with van der Waals surface area (Å²) in [5, 5.41) is 0. The molecule has 1 heterocycles. The minimum absolute atomic E-state index is 0.154. The van der Waals surface area contributed by atoms with Crippen molar-refractivity contribution in [1.29, 1.82) is 0 Å². The van der Waals surface area contributed by atoms with Crippen molar-refractivity contribution in [3.05, 3.63) is 0 Å². The molecule has 2 heteroatoms. The van der Waals surface area contributed by atoms with Crippen LogP contribution in [0.25, 0.3) is 0 Å². The molecule has 0 aliphatic carbocycles. The highest BCUT2D eigenvalue weighted by Gasteiger charge is 2.23. The molecule has 0 atom stereocenters. The number of rotatable bonds is 5. The summed E-state index contributed by atoms with van der Waals surface area (Å²) in [6.45, 7) is 2.21. The monoisotopic (exact) mass is 130 g/mol. The quantitative estimate of drug-likeness (QED) is 0.324. The van der Waals surface area contributed by atoms with E-state index >= 15 is 0 Å². The van der Waals surface area contributed by atoms with Gasteiger partial charge in [-0.1, -0.05) is 26.2 Å². The highest BCUT2D eigenvalue weighted by Crippen LogP contribution is 2.19. The smallest absolute Gasteiger partial charge is 0.199 e. The molecule has 0 bridgehead atoms. The van der Waals surface area contributed by atoms with Gasteiger partial charge >= 0.3 is 0 Å². The lowest BCUT2D eigenvalue weighted by Crippen LogP contribution is -1.83. The second-order valence-electron chi connectivity index (χ2n) is 2.47. The molecule has 0 saturated carbocycles. The maximum absolute atomic E-state index is 4.59. The molecule has 0 aromatic rings. The summed E-state index contributed by atoms with van der Waals surface area (Å²) in [7, 11) is 0. The van der Waals surface area contributed by atoms with Crippen LogP contribution in [0, 0.1) is 0 Å². The van der Waals surface area contributed by atoms with E-state index < -0.39 is 0 Å². The molecule has 9 heavy (non-hydrogen) atoms. The van der Waals surface area contributed by atoms with Gasteiger partial charge < -0.3 is 0 Å². The van der Waals surface area contributed by atoms with Gasteiger partial charge in [0.1, 0.15) is 0 Å². The van der Waals surface area contributed by atoms with Crippen LogP contribution in [0.2, 0.25) is 0 Å². The molecule has 0 aromatic carbocycles. The van der Waals surface area contributed by atoms with Gasteiger partial charge in [-0.15, -0.1) is 0 Å². The first kappa shape index (κ1) is 7.03. The minimum atomic E-state index is 0.154. The number of unbranched alkanes of at least 4 members (excludes halogenated alkanes) is 3. The molecule has 0 amide bonds. The van der Waals surface area contributed by atoms with Crippen LogP contribution in [0.4, 0.5) is 0 Å². The van der Waals surface area contributed by atoms with E-state index in [0.29, 0.717) is 0 Å². The standard InChI is InChI=1S/C7H14O2/c1-2-3-4-5-6-7-8-9-7/h7H,2-6H2,1H3. The van der Waals surface area contributed by atoms with Crippen LogP contribution in [0.5, 0.6) is 0 Å². The summed E-state index contributed by atoms with van der Waals surface area (Å²) < 4.78 is 0. The Bertz CT molecular complexity index is 69.3. The van der Waals surface area contributed by atoms with E-state index in [4.69, 9.17) is 0 Å². The van der Waals surface area contributed by atoms with Crippen LogP contribution in [-0.4, -0.2) is 6.29 Å². The Labute approximate surface area is 56.1 Å². The molecular weight excluding hydrogens is 116 g/mol. The average Bonchev–Trinajstić information content (AvgIpc) is 2.63. The molecule has 1 aliphatic heterocycles. The molecule has 1 saturated heterocycles. The molecule has 1 rings (SSSR count). The number of hydrogen-bond donors (Lipinski definition) is 0. The topological polar surface area (TPSA) is 25.1 Å². The fraction of sp³-hybridized carbons (Fsp3) is 1.00. The second-order valence-corrected chi connectivity index (χ2v) is 2.47. The minimum Gasteiger partial charge on any atom is -0.199 e. The van der Waals surface area contributed by atoms with Gasteiger partial charge in [0.2, 0.25) is 6.29 Å². The highest BCUT2D eigenvalue weighted by molar-refractivity contribution is 4.48. The Morgan fingerprint density at radius 3 is 2.44 bits per heavy atom. The summed E-state index contributed by atoms with van der Waals surface area (Å²) in [4.78, 5) is 9.18. The lowest BCUT2D eigenvalue weighted by Gasteiger charge is -1.92. The first-order chi connectivity index (χ1) is 4.43. The fourth-order valence-electron chi connectivity index (χ4n) is 0.873. The Kier molecular flexibility index (Phi) is 3.01. The summed E-state index contributed by atoms with van der Waals surface area (Å²) in [6.07, 6.45) is 6.44. The third-order valence-electron chi connectivity index (χ3n) is 1.53. The average molecular weight is 130 g/mol. The largest absolute Gasteiger partial charge is 0.224 e. The Morgan fingerprint density at radius 2 is 1.89 bits per heavy atom. The molecule has 54 valence electrons. The fourth-order valence-corrected chi connectivity index (χ4v) is 0.873. The van der Waals surface area contributed by atoms with Crippen LogP contribution in [0.3, 0.4) is 0 Å². The van der Waals surface area contributed by atoms with Crippen LogP contribution < -0.4 is 0 Å². The Hall–Kier alpha value is -0.0800. The van der Waals surface area contributed by atoms with Crippen molar-refractivity contribution < 1.29 is 9.78 Å². The Morgan fingerprint density at radius 1 is 1.11 bits per heavy atom. The lowest BCUT2D eigenvalue weighted by molar-refractivity contribution is 0.0850. The van der Waals surface area contributed by atoms with Crippen molar-refractivity contribution in [2.24, 2.45) is 0 Å². The van der Waals surface area contributed by atoms with Crippen LogP contribution >= 0.6 is 0 Å². The molecule has 0 spiro atoms. The maximum Gasteiger partial charge on any atom is 0.224 e. The van der Waals surface area contributed by atoms with Crippen LogP contribution in [-0.2, 0) is 9.78 Å². The van der Waals surface area contributed by atoms with E-state index in [9.17, 15) is 0 Å². The van der Waals surface area contributed by atoms with Crippen molar-refractivity contribution in [2.45, 2.75) is 45.3 Å². The summed E-state index contributed by atoms with van der Waals surface area (Å²) in [5.41, 5.74) is 0. The zero-order valence-electron chi connectivity index (χ0n) is 5.93. The van der Waals surface area contributed by atoms with Gasteiger partial charge in [0.15, 0.2) is 0 Å². The van der Waals surface area contributed by atoms with Crippen LogP contribution in [0.1, 0.15) is 39.0 Å². The second kappa shape index (κ2) is 3.85. The van der Waals surface area contributed by atoms with Crippen LogP contribution in [0.15, 0.2) is 0 Å². The maximum atomic E-state index is 4.59. The Balaban J connectivity index is 1.71. The summed E-state index contributed by atoms with van der Waals surface area (Å²) >= 11 is 0. The molecular formula is C7H14O2. The van der Waals surface area contributed by atoms with Gasteiger partial charge in [-0.3, -0.25) is 0 Å². The molecule has 0 unspecified atom stereocenters. The predicted octanol–water partition coefficient (Wildman–Crippen LogP) is 2.24. The van der Waals surface area contributed by atoms with E-state index in [1.807, 2.05) is 0 Å². The zero-order chi connectivity index (χ0) is 6.53. The van der Waals surface area contributed by atoms with Crippen molar-refractivity contribution in [2.75, 3.05) is 0 Å². The molecule has 2 nitrogen and oxygen atoms in total. The third-order valence-corrected chi connectivity index (χ3v) is 1.53. The van der Waals surface area contributed by atoms with Gasteiger partial charge in [-0.2, -0.15) is 9.78 Å². The third kappa shape index (κ3) is 3.49. The van der Waals surface area contributed by atoms with Gasteiger partial charge in [-0.05, 0) is 6.42 Å². The normalized spacial score (nSPS) is 18.3. The SMILES string of the molecule is CCCCCCC1OO1. The van der Waals surface area contributed by atoms with Gasteiger partial charge in [-0.25, -0.2) is 0 Å². The van der Waals surface area contributed by atoms with Crippen molar-refractivity contribution in [1.82, 2.24) is 0 Å². The first-order valence-corrected chi connectivity index (χ1v) is 3.75. The van der Waals surface area contributed by atoms with Crippen molar-refractivity contribution >= 4 is 0 Å². The van der Waals surface area contributed by atoms with E-state index in [0.717, 1.165) is 6.42 Å². The van der Waals surface area contributed by atoms with Crippen molar-refractivity contribution in [3.63, 3.8) is 0 Å². The summed E-state index contributed by atoms with van der Waals surface area (Å²) in [5.74, 6) is 0. The molecule has 0 aromatic heterocycles.